The average molecular weight is 246 g/mol. The van der Waals surface area contributed by atoms with Crippen molar-refractivity contribution in [2.45, 2.75) is 26.8 Å². The molecule has 0 spiro atoms. The Balaban J connectivity index is 2.85. The summed E-state index contributed by atoms with van der Waals surface area (Å²) in [6, 6.07) is 4.06. The van der Waals surface area contributed by atoms with Crippen LogP contribution in [0.25, 0.3) is 0 Å². The zero-order valence-corrected chi connectivity index (χ0v) is 10.8. The molecule has 84 valence electrons. The molecule has 0 saturated heterocycles. The van der Waals surface area contributed by atoms with Crippen molar-refractivity contribution in [2.75, 3.05) is 5.88 Å². The molecule has 0 saturated carbocycles. The molecule has 0 radical (unpaired) electrons. The van der Waals surface area contributed by atoms with Gasteiger partial charge in [-0.1, -0.05) is 26.8 Å². The highest BCUT2D eigenvalue weighted by Crippen LogP contribution is 2.34. The smallest absolute Gasteiger partial charge is 0.235 e. The predicted octanol–water partition coefficient (Wildman–Crippen LogP) is 3.19. The largest absolute Gasteiger partial charge is 0.347 e. The van der Waals surface area contributed by atoms with Crippen molar-refractivity contribution in [1.29, 1.82) is 0 Å². The summed E-state index contributed by atoms with van der Waals surface area (Å²) in [6.07, 6.45) is 0. The molecule has 0 bridgehead atoms. The molecule has 1 heterocycles. The van der Waals surface area contributed by atoms with Crippen molar-refractivity contribution < 1.29 is 4.79 Å². The van der Waals surface area contributed by atoms with E-state index in [9.17, 15) is 4.79 Å². The first-order valence-corrected chi connectivity index (χ1v) is 6.25. The molecule has 0 aliphatic rings. The van der Waals surface area contributed by atoms with Gasteiger partial charge in [-0.3, -0.25) is 4.79 Å². The summed E-state index contributed by atoms with van der Waals surface area (Å²) < 4.78 is 0. The fourth-order valence-corrected chi connectivity index (χ4v) is 2.47. The normalized spacial score (nSPS) is 13.6. The van der Waals surface area contributed by atoms with Gasteiger partial charge in [0.2, 0.25) is 5.91 Å². The van der Waals surface area contributed by atoms with Crippen LogP contribution in [0.15, 0.2) is 17.5 Å². The van der Waals surface area contributed by atoms with Gasteiger partial charge >= 0.3 is 0 Å². The van der Waals surface area contributed by atoms with E-state index in [0.29, 0.717) is 0 Å². The predicted molar refractivity (Wildman–Crippen MR) is 65.4 cm³/mol. The Labute approximate surface area is 99.6 Å². The van der Waals surface area contributed by atoms with Crippen LogP contribution in [0.5, 0.6) is 0 Å². The molecule has 1 atom stereocenters. The van der Waals surface area contributed by atoms with Crippen molar-refractivity contribution in [3.05, 3.63) is 22.4 Å². The van der Waals surface area contributed by atoms with Gasteiger partial charge in [-0.2, -0.15) is 0 Å². The highest BCUT2D eigenvalue weighted by molar-refractivity contribution is 7.10. The molecule has 2 nitrogen and oxygen atoms in total. The summed E-state index contributed by atoms with van der Waals surface area (Å²) in [5.74, 6) is -0.109. The van der Waals surface area contributed by atoms with Gasteiger partial charge in [0.1, 0.15) is 5.88 Å². The molecule has 4 heteroatoms. The van der Waals surface area contributed by atoms with Gasteiger partial charge in [0.05, 0.1) is 6.04 Å². The van der Waals surface area contributed by atoms with Gasteiger partial charge in [-0.25, -0.2) is 0 Å². The minimum absolute atomic E-state index is 0.00737. The summed E-state index contributed by atoms with van der Waals surface area (Å²) in [7, 11) is 0. The lowest BCUT2D eigenvalue weighted by Crippen LogP contribution is -2.36. The van der Waals surface area contributed by atoms with Crippen LogP contribution in [0, 0.1) is 5.41 Å². The summed E-state index contributed by atoms with van der Waals surface area (Å²) in [6.45, 7) is 6.31. The van der Waals surface area contributed by atoms with Crippen LogP contribution in [0.2, 0.25) is 0 Å². The zero-order chi connectivity index (χ0) is 11.5. The Morgan fingerprint density at radius 2 is 2.27 bits per heavy atom. The van der Waals surface area contributed by atoms with Gasteiger partial charge in [0, 0.05) is 4.88 Å². The molecule has 0 fully saturated rings. The van der Waals surface area contributed by atoms with Crippen LogP contribution in [0.3, 0.4) is 0 Å². The fraction of sp³-hybridized carbons (Fsp3) is 0.545. The third-order valence-corrected chi connectivity index (χ3v) is 3.30. The molecule has 1 aromatic rings. The Morgan fingerprint density at radius 3 is 2.67 bits per heavy atom. The number of nitrogens with one attached hydrogen (secondary N) is 1. The summed E-state index contributed by atoms with van der Waals surface area (Å²) in [5.41, 5.74) is -0.00737. The summed E-state index contributed by atoms with van der Waals surface area (Å²) >= 11 is 7.15. The van der Waals surface area contributed by atoms with E-state index < -0.39 is 0 Å². The number of hydrogen-bond donors (Lipinski definition) is 1. The van der Waals surface area contributed by atoms with Crippen LogP contribution in [-0.4, -0.2) is 11.8 Å². The van der Waals surface area contributed by atoms with Gasteiger partial charge in [-0.15, -0.1) is 22.9 Å². The molecular weight excluding hydrogens is 230 g/mol. The molecule has 0 aliphatic heterocycles. The lowest BCUT2D eigenvalue weighted by molar-refractivity contribution is -0.120. The topological polar surface area (TPSA) is 29.1 Å². The van der Waals surface area contributed by atoms with Crippen molar-refractivity contribution in [3.63, 3.8) is 0 Å². The van der Waals surface area contributed by atoms with Crippen molar-refractivity contribution in [1.82, 2.24) is 5.32 Å². The summed E-state index contributed by atoms with van der Waals surface area (Å²) in [5, 5.41) is 4.96. The standard InChI is InChI=1S/C11H16ClNOS/c1-11(2,3)10(13-9(14)7-12)8-5-4-6-15-8/h4-6,10H,7H2,1-3H3,(H,13,14)/t10-/m0/s1. The lowest BCUT2D eigenvalue weighted by Gasteiger charge is -2.30. The minimum Gasteiger partial charge on any atom is -0.347 e. The van der Waals surface area contributed by atoms with Gasteiger partial charge in [0.25, 0.3) is 0 Å². The Hall–Kier alpha value is -0.540. The number of amides is 1. The molecule has 1 N–H and O–H groups in total. The van der Waals surface area contributed by atoms with Crippen molar-refractivity contribution in [2.24, 2.45) is 5.41 Å². The number of carbonyl (C=O) groups is 1. The second-order valence-corrected chi connectivity index (χ2v) is 5.76. The number of rotatable bonds is 3. The van der Waals surface area contributed by atoms with Crippen LogP contribution in [0.1, 0.15) is 31.7 Å². The van der Waals surface area contributed by atoms with E-state index in [1.54, 1.807) is 11.3 Å². The quantitative estimate of drug-likeness (QED) is 0.815. The highest BCUT2D eigenvalue weighted by atomic mass is 35.5. The maximum Gasteiger partial charge on any atom is 0.235 e. The van der Waals surface area contributed by atoms with E-state index in [0.717, 1.165) is 0 Å². The molecule has 1 amide bonds. The van der Waals surface area contributed by atoms with E-state index in [-0.39, 0.29) is 23.2 Å². The number of halogens is 1. The Morgan fingerprint density at radius 1 is 1.60 bits per heavy atom. The minimum atomic E-state index is -0.120. The molecule has 0 aromatic carbocycles. The highest BCUT2D eigenvalue weighted by Gasteiger charge is 2.28. The van der Waals surface area contributed by atoms with E-state index in [1.165, 1.54) is 4.88 Å². The average Bonchev–Trinajstić information content (AvgIpc) is 2.64. The maximum atomic E-state index is 11.3. The van der Waals surface area contributed by atoms with E-state index >= 15 is 0 Å². The van der Waals surface area contributed by atoms with E-state index in [2.05, 4.69) is 26.1 Å². The number of thiophene rings is 1. The van der Waals surface area contributed by atoms with Crippen LogP contribution in [0.4, 0.5) is 0 Å². The van der Waals surface area contributed by atoms with Crippen LogP contribution in [-0.2, 0) is 4.79 Å². The Kier molecular flexibility index (Phi) is 4.17. The fourth-order valence-electron chi connectivity index (χ4n) is 1.37. The lowest BCUT2D eigenvalue weighted by atomic mass is 9.86. The third-order valence-electron chi connectivity index (χ3n) is 2.12. The SMILES string of the molecule is CC(C)(C)[C@@H](NC(=O)CCl)c1cccs1. The second-order valence-electron chi connectivity index (χ2n) is 4.52. The van der Waals surface area contributed by atoms with Crippen molar-refractivity contribution >= 4 is 28.8 Å². The molecule has 0 unspecified atom stereocenters. The number of carbonyl (C=O) groups excluding carboxylic acids is 1. The maximum absolute atomic E-state index is 11.3. The molecule has 0 aliphatic carbocycles. The van der Waals surface area contributed by atoms with E-state index in [4.69, 9.17) is 11.6 Å². The first-order valence-electron chi connectivity index (χ1n) is 4.84. The Bertz CT molecular complexity index is 316. The van der Waals surface area contributed by atoms with Gasteiger partial charge in [-0.05, 0) is 16.9 Å². The van der Waals surface area contributed by atoms with Gasteiger partial charge < -0.3 is 5.32 Å². The van der Waals surface area contributed by atoms with Crippen LogP contribution < -0.4 is 5.32 Å². The first-order chi connectivity index (χ1) is 6.95. The van der Waals surface area contributed by atoms with Crippen molar-refractivity contribution in [3.8, 4) is 0 Å². The number of alkyl halides is 1. The monoisotopic (exact) mass is 245 g/mol. The molecule has 1 aromatic heterocycles. The van der Waals surface area contributed by atoms with Gasteiger partial charge in [0.15, 0.2) is 0 Å². The van der Waals surface area contributed by atoms with E-state index in [1.807, 2.05) is 17.5 Å². The zero-order valence-electron chi connectivity index (χ0n) is 9.21. The third kappa shape index (κ3) is 3.50. The molecule has 1 rings (SSSR count). The molecular formula is C11H16ClNOS. The summed E-state index contributed by atoms with van der Waals surface area (Å²) in [4.78, 5) is 12.5. The van der Waals surface area contributed by atoms with Crippen LogP contribution >= 0.6 is 22.9 Å². The molecule has 15 heavy (non-hydrogen) atoms. The second kappa shape index (κ2) is 4.99. The first kappa shape index (κ1) is 12.5. The number of hydrogen-bond acceptors (Lipinski definition) is 2.